The molecule has 13 heteroatoms. The van der Waals surface area contributed by atoms with Crippen molar-refractivity contribution in [1.29, 1.82) is 5.26 Å². The van der Waals surface area contributed by atoms with Crippen LogP contribution in [0.5, 0.6) is 0 Å². The van der Waals surface area contributed by atoms with Gasteiger partial charge in [-0.05, 0) is 127 Å². The standard InChI is InChI=1S/C71H41N13/c72-42-55-66(83-56-17-5-1-13-47(56)48-14-2-6-18-57(48)83)64(81-60-25-21-43(68-73-29-9-30-74-68)37-51(60)52-38-44(22-26-61(52)81)69-75-31-10-32-76-69)41-65(67(55)84-58-19-7-3-15-49(58)50-16-4-8-20-59(50)84)82-62-27-23-45(70-77-33-11-34-78-70)39-53(62)54-40-46(24-28-63(54)82)71-79-35-12-36-80-71/h1-41H. The van der Waals surface area contributed by atoms with E-state index in [1.807, 2.05) is 24.3 Å². The summed E-state index contributed by atoms with van der Waals surface area (Å²) in [6.45, 7) is 0. The number of nitriles is 1. The van der Waals surface area contributed by atoms with Crippen molar-refractivity contribution in [3.63, 3.8) is 0 Å². The lowest BCUT2D eigenvalue weighted by atomic mass is 10.0. The molecule has 17 rings (SSSR count). The highest BCUT2D eigenvalue weighted by molar-refractivity contribution is 6.16. The van der Waals surface area contributed by atoms with E-state index in [-0.39, 0.29) is 0 Å². The number of hydrogen-bond acceptors (Lipinski definition) is 9. The molecule has 0 aliphatic heterocycles. The van der Waals surface area contributed by atoms with Crippen LogP contribution in [0.15, 0.2) is 250 Å². The van der Waals surface area contributed by atoms with E-state index in [1.165, 1.54) is 0 Å². The molecular weight excluding hydrogens is 1030 g/mol. The van der Waals surface area contributed by atoms with E-state index < -0.39 is 0 Å². The van der Waals surface area contributed by atoms with Crippen molar-refractivity contribution in [2.75, 3.05) is 0 Å². The van der Waals surface area contributed by atoms with Gasteiger partial charge in [0, 0.05) is 115 Å². The first-order valence-electron chi connectivity index (χ1n) is 27.5. The molecule has 0 saturated heterocycles. The Bertz CT molecular complexity index is 4930. The number of benzene rings is 9. The molecule has 84 heavy (non-hydrogen) atoms. The van der Waals surface area contributed by atoms with E-state index in [4.69, 9.17) is 39.9 Å². The van der Waals surface area contributed by atoms with Crippen LogP contribution in [0, 0.1) is 11.3 Å². The van der Waals surface area contributed by atoms with Crippen LogP contribution in [-0.4, -0.2) is 58.1 Å². The van der Waals surface area contributed by atoms with Crippen molar-refractivity contribution in [3.8, 4) is 74.4 Å². The Kier molecular flexibility index (Phi) is 10.3. The van der Waals surface area contributed by atoms with Gasteiger partial charge in [0.25, 0.3) is 0 Å². The highest BCUT2D eigenvalue weighted by atomic mass is 15.1. The SMILES string of the molecule is N#Cc1c(-n2c3ccccc3c3ccccc32)c(-n2c3ccc(-c4ncccn4)cc3c3cc(-c4ncccn4)ccc32)cc(-n2c3ccc(-c4ncccn4)cc3c3cc(-c4ncccn4)ccc32)c1-n1c2ccccc2c2ccccc21. The van der Waals surface area contributed by atoms with Crippen molar-refractivity contribution in [3.05, 3.63) is 255 Å². The van der Waals surface area contributed by atoms with Crippen molar-refractivity contribution >= 4 is 87.2 Å². The summed E-state index contributed by atoms with van der Waals surface area (Å²) in [7, 11) is 0. The second-order valence-electron chi connectivity index (χ2n) is 20.7. The van der Waals surface area contributed by atoms with Gasteiger partial charge in [-0.15, -0.1) is 0 Å². The number of nitrogens with zero attached hydrogens (tertiary/aromatic N) is 13. The van der Waals surface area contributed by atoms with Crippen LogP contribution in [-0.2, 0) is 0 Å². The number of para-hydroxylation sites is 4. The normalized spacial score (nSPS) is 11.8. The molecule has 0 amide bonds. The Morgan fingerprint density at radius 2 is 0.500 bits per heavy atom. The van der Waals surface area contributed by atoms with Gasteiger partial charge >= 0.3 is 0 Å². The van der Waals surface area contributed by atoms with Crippen molar-refractivity contribution < 1.29 is 0 Å². The first-order chi connectivity index (χ1) is 41.7. The summed E-state index contributed by atoms with van der Waals surface area (Å²) >= 11 is 0. The van der Waals surface area contributed by atoms with E-state index in [2.05, 4.69) is 200 Å². The third-order valence-corrected chi connectivity index (χ3v) is 16.3. The minimum Gasteiger partial charge on any atom is -0.307 e. The van der Waals surface area contributed by atoms with E-state index in [0.717, 1.165) is 121 Å². The number of fused-ring (bicyclic) bond motifs is 12. The maximum Gasteiger partial charge on any atom is 0.159 e. The lowest BCUT2D eigenvalue weighted by Crippen LogP contribution is -2.13. The molecule has 0 radical (unpaired) electrons. The van der Waals surface area contributed by atoms with E-state index in [0.29, 0.717) is 40.2 Å². The van der Waals surface area contributed by atoms with Crippen LogP contribution in [0.3, 0.4) is 0 Å². The van der Waals surface area contributed by atoms with Gasteiger partial charge in [0.2, 0.25) is 0 Å². The fourth-order valence-corrected chi connectivity index (χ4v) is 12.8. The number of hydrogen-bond donors (Lipinski definition) is 0. The lowest BCUT2D eigenvalue weighted by molar-refractivity contribution is 1.03. The summed E-state index contributed by atoms with van der Waals surface area (Å²) in [4.78, 5) is 37.7. The van der Waals surface area contributed by atoms with Gasteiger partial charge < -0.3 is 18.3 Å². The smallest absolute Gasteiger partial charge is 0.159 e. The van der Waals surface area contributed by atoms with Crippen molar-refractivity contribution in [2.45, 2.75) is 0 Å². The molecule has 17 aromatic rings. The topological polar surface area (TPSA) is 147 Å². The van der Waals surface area contributed by atoms with Gasteiger partial charge in [0.1, 0.15) is 11.6 Å². The van der Waals surface area contributed by atoms with Gasteiger partial charge in [0.15, 0.2) is 23.3 Å². The molecular formula is C71H41N13. The first-order valence-corrected chi connectivity index (χ1v) is 27.5. The quantitative estimate of drug-likeness (QED) is 0.145. The van der Waals surface area contributed by atoms with Gasteiger partial charge in [-0.2, -0.15) is 5.26 Å². The Morgan fingerprint density at radius 3 is 0.762 bits per heavy atom. The third kappa shape index (κ3) is 7.01. The summed E-state index contributed by atoms with van der Waals surface area (Å²) < 4.78 is 9.27. The van der Waals surface area contributed by atoms with Gasteiger partial charge in [0.05, 0.1) is 66.9 Å². The minimum atomic E-state index is 0.456. The molecule has 0 atom stereocenters. The molecule has 0 N–H and O–H groups in total. The molecule has 13 nitrogen and oxygen atoms in total. The Hall–Kier alpha value is -12.0. The largest absolute Gasteiger partial charge is 0.307 e. The zero-order valence-corrected chi connectivity index (χ0v) is 44.5. The van der Waals surface area contributed by atoms with Gasteiger partial charge in [-0.3, -0.25) is 0 Å². The van der Waals surface area contributed by atoms with E-state index >= 15 is 0 Å². The van der Waals surface area contributed by atoms with Crippen LogP contribution in [0.25, 0.3) is 156 Å². The summed E-state index contributed by atoms with van der Waals surface area (Å²) in [5, 5.41) is 20.8. The summed E-state index contributed by atoms with van der Waals surface area (Å²) in [5.74, 6) is 2.42. The zero-order chi connectivity index (χ0) is 55.4. The van der Waals surface area contributed by atoms with Crippen molar-refractivity contribution in [2.24, 2.45) is 0 Å². The molecule has 8 aromatic heterocycles. The molecule has 0 bridgehead atoms. The highest BCUT2D eigenvalue weighted by Gasteiger charge is 2.31. The van der Waals surface area contributed by atoms with Crippen LogP contribution >= 0.6 is 0 Å². The predicted molar refractivity (Wildman–Crippen MR) is 333 cm³/mol. The zero-order valence-electron chi connectivity index (χ0n) is 44.5. The summed E-state index contributed by atoms with van der Waals surface area (Å²) in [5.41, 5.74) is 14.2. The number of aromatic nitrogens is 12. The molecule has 0 spiro atoms. The average Bonchev–Trinajstić information content (AvgIpc) is 1.97. The first kappa shape index (κ1) is 46.9. The monoisotopic (exact) mass is 1080 g/mol. The van der Waals surface area contributed by atoms with Crippen LogP contribution in [0.2, 0.25) is 0 Å². The summed E-state index contributed by atoms with van der Waals surface area (Å²) in [6.07, 6.45) is 14.1. The highest BCUT2D eigenvalue weighted by Crippen LogP contribution is 2.48. The van der Waals surface area contributed by atoms with E-state index in [9.17, 15) is 5.26 Å². The Morgan fingerprint density at radius 1 is 0.250 bits per heavy atom. The Labute approximate surface area is 478 Å². The second-order valence-corrected chi connectivity index (χ2v) is 20.7. The maximum absolute atomic E-state index is 12.8. The van der Waals surface area contributed by atoms with Crippen LogP contribution in [0.4, 0.5) is 0 Å². The molecule has 9 aromatic carbocycles. The summed E-state index contributed by atoms with van der Waals surface area (Å²) in [6, 6.07) is 72.2. The number of rotatable bonds is 8. The molecule has 0 saturated carbocycles. The third-order valence-electron chi connectivity index (χ3n) is 16.3. The molecule has 0 unspecified atom stereocenters. The molecule has 0 fully saturated rings. The molecule has 390 valence electrons. The van der Waals surface area contributed by atoms with Gasteiger partial charge in [-0.25, -0.2) is 39.9 Å². The molecule has 0 aliphatic carbocycles. The maximum atomic E-state index is 12.8. The van der Waals surface area contributed by atoms with Crippen LogP contribution in [0.1, 0.15) is 5.56 Å². The fourth-order valence-electron chi connectivity index (χ4n) is 12.8. The minimum absolute atomic E-state index is 0.456. The van der Waals surface area contributed by atoms with E-state index in [1.54, 1.807) is 49.6 Å². The van der Waals surface area contributed by atoms with Crippen LogP contribution < -0.4 is 0 Å². The van der Waals surface area contributed by atoms with Crippen molar-refractivity contribution in [1.82, 2.24) is 58.1 Å². The van der Waals surface area contributed by atoms with Gasteiger partial charge in [-0.1, -0.05) is 72.8 Å². The Balaban J connectivity index is 1.10. The second kappa shape index (κ2) is 18.5. The fraction of sp³-hybridized carbons (Fsp3) is 0. The molecule has 8 heterocycles. The average molecular weight is 1080 g/mol. The predicted octanol–water partition coefficient (Wildman–Crippen LogP) is 15.8. The lowest BCUT2D eigenvalue weighted by Gasteiger charge is -2.25. The molecule has 0 aliphatic rings.